The third kappa shape index (κ3) is 4.17. The first kappa shape index (κ1) is 19.3. The van der Waals surface area contributed by atoms with Gasteiger partial charge in [0.05, 0.1) is 5.01 Å². The second-order valence-electron chi connectivity index (χ2n) is 6.60. The van der Waals surface area contributed by atoms with Gasteiger partial charge in [-0.2, -0.15) is 13.2 Å². The van der Waals surface area contributed by atoms with Crippen LogP contribution < -0.4 is 4.90 Å². The fourth-order valence-electron chi connectivity index (χ4n) is 3.21. The summed E-state index contributed by atoms with van der Waals surface area (Å²) in [4.78, 5) is 5.83. The molecule has 2 aromatic heterocycles. The van der Waals surface area contributed by atoms with Crippen LogP contribution in [0.3, 0.4) is 0 Å². The molecule has 0 radical (unpaired) electrons. The molecule has 1 atom stereocenters. The molecular weight excluding hydrogens is 412 g/mol. The van der Waals surface area contributed by atoms with Gasteiger partial charge >= 0.3 is 6.18 Å². The number of alkyl halides is 3. The Bertz CT molecular complexity index is 953. The van der Waals surface area contributed by atoms with E-state index in [0.717, 1.165) is 36.1 Å². The highest BCUT2D eigenvalue weighted by molar-refractivity contribution is 7.15. The third-order valence-electron chi connectivity index (χ3n) is 4.61. The van der Waals surface area contributed by atoms with Gasteiger partial charge in [0.25, 0.3) is 0 Å². The summed E-state index contributed by atoms with van der Waals surface area (Å²) >= 11 is 2.45. The molecule has 0 saturated carbocycles. The first-order chi connectivity index (χ1) is 13.4. The average molecular weight is 428 g/mol. The standard InChI is InChI=1S/C18H16F4N4S2/c19-13-6-2-1-4-11(13)8-15-24-25-17(28-15)26-7-3-5-12(9-26)16-23-14(10-27-16)18(20,21)22/h1-2,4,6,10,12H,3,5,7-9H2. The van der Waals surface area contributed by atoms with Gasteiger partial charge < -0.3 is 4.90 Å². The fourth-order valence-corrected chi connectivity index (χ4v) is 5.06. The summed E-state index contributed by atoms with van der Waals surface area (Å²) in [5.74, 6) is -0.338. The number of aromatic nitrogens is 3. The average Bonchev–Trinajstić information content (AvgIpc) is 3.33. The van der Waals surface area contributed by atoms with E-state index in [4.69, 9.17) is 0 Å². The zero-order valence-electron chi connectivity index (χ0n) is 14.6. The number of benzene rings is 1. The number of halogens is 4. The number of rotatable bonds is 4. The third-order valence-corrected chi connectivity index (χ3v) is 6.60. The van der Waals surface area contributed by atoms with E-state index in [1.165, 1.54) is 17.4 Å². The Morgan fingerprint density at radius 1 is 1.18 bits per heavy atom. The largest absolute Gasteiger partial charge is 0.434 e. The van der Waals surface area contributed by atoms with E-state index in [0.29, 0.717) is 33.7 Å². The Labute approximate surface area is 166 Å². The van der Waals surface area contributed by atoms with Crippen molar-refractivity contribution >= 4 is 27.8 Å². The molecule has 1 fully saturated rings. The number of hydrogen-bond donors (Lipinski definition) is 0. The zero-order chi connectivity index (χ0) is 19.7. The van der Waals surface area contributed by atoms with Gasteiger partial charge in [0.2, 0.25) is 5.13 Å². The minimum Gasteiger partial charge on any atom is -0.346 e. The minimum atomic E-state index is -4.41. The van der Waals surface area contributed by atoms with Crippen LogP contribution in [0, 0.1) is 5.82 Å². The molecule has 0 spiro atoms. The lowest BCUT2D eigenvalue weighted by atomic mass is 9.99. The van der Waals surface area contributed by atoms with Crippen molar-refractivity contribution in [3.63, 3.8) is 0 Å². The first-order valence-corrected chi connectivity index (χ1v) is 10.4. The lowest BCUT2D eigenvalue weighted by Crippen LogP contribution is -2.34. The molecule has 1 unspecified atom stereocenters. The predicted molar refractivity (Wildman–Crippen MR) is 100 cm³/mol. The zero-order valence-corrected chi connectivity index (χ0v) is 16.2. The number of piperidine rings is 1. The van der Waals surface area contributed by atoms with Crippen LogP contribution in [0.15, 0.2) is 29.6 Å². The smallest absolute Gasteiger partial charge is 0.346 e. The number of nitrogens with zero attached hydrogens (tertiary/aromatic N) is 4. The van der Waals surface area contributed by atoms with Crippen molar-refractivity contribution in [2.75, 3.05) is 18.0 Å². The highest BCUT2D eigenvalue weighted by Gasteiger charge is 2.35. The van der Waals surface area contributed by atoms with Crippen molar-refractivity contribution in [2.45, 2.75) is 31.4 Å². The maximum atomic E-state index is 13.8. The highest BCUT2D eigenvalue weighted by atomic mass is 32.1. The summed E-state index contributed by atoms with van der Waals surface area (Å²) in [5.41, 5.74) is -0.267. The van der Waals surface area contributed by atoms with E-state index in [9.17, 15) is 17.6 Å². The molecule has 0 N–H and O–H groups in total. The Hall–Kier alpha value is -2.07. The van der Waals surface area contributed by atoms with E-state index in [-0.39, 0.29) is 11.7 Å². The van der Waals surface area contributed by atoms with Crippen LogP contribution in [0.25, 0.3) is 0 Å². The second kappa shape index (κ2) is 7.75. The van der Waals surface area contributed by atoms with E-state index < -0.39 is 11.9 Å². The van der Waals surface area contributed by atoms with Crippen LogP contribution in [0.4, 0.5) is 22.7 Å². The molecule has 4 rings (SSSR count). The molecule has 1 aliphatic rings. The van der Waals surface area contributed by atoms with E-state index in [1.54, 1.807) is 18.2 Å². The van der Waals surface area contributed by atoms with Gasteiger partial charge in [-0.25, -0.2) is 9.37 Å². The van der Waals surface area contributed by atoms with Gasteiger partial charge in [-0.3, -0.25) is 0 Å². The van der Waals surface area contributed by atoms with Gasteiger partial charge in [0.15, 0.2) is 5.69 Å². The van der Waals surface area contributed by atoms with Gasteiger partial charge in [0.1, 0.15) is 10.8 Å². The Morgan fingerprint density at radius 2 is 2.00 bits per heavy atom. The van der Waals surface area contributed by atoms with E-state index in [1.807, 2.05) is 4.90 Å². The molecule has 1 saturated heterocycles. The second-order valence-corrected chi connectivity index (χ2v) is 8.53. The topological polar surface area (TPSA) is 41.9 Å². The summed E-state index contributed by atoms with van der Waals surface area (Å²) in [6.07, 6.45) is -2.41. The van der Waals surface area contributed by atoms with Crippen molar-refractivity contribution in [3.05, 3.63) is 56.7 Å². The van der Waals surface area contributed by atoms with Gasteiger partial charge in [-0.15, -0.1) is 21.5 Å². The molecule has 1 aliphatic heterocycles. The molecule has 1 aromatic carbocycles. The molecule has 148 valence electrons. The normalized spacial score (nSPS) is 17.9. The molecular formula is C18H16F4N4S2. The van der Waals surface area contributed by atoms with Crippen molar-refractivity contribution in [2.24, 2.45) is 0 Å². The summed E-state index contributed by atoms with van der Waals surface area (Å²) in [7, 11) is 0. The molecule has 4 nitrogen and oxygen atoms in total. The SMILES string of the molecule is Fc1ccccc1Cc1nnc(N2CCCC(c3nc(C(F)(F)F)cs3)C2)s1. The number of thiazole rings is 1. The van der Waals surface area contributed by atoms with Crippen molar-refractivity contribution in [1.82, 2.24) is 15.2 Å². The van der Waals surface area contributed by atoms with Crippen LogP contribution in [-0.2, 0) is 12.6 Å². The summed E-state index contributed by atoms with van der Waals surface area (Å²) in [6.45, 7) is 1.32. The van der Waals surface area contributed by atoms with Crippen LogP contribution in [0.1, 0.15) is 40.0 Å². The quantitative estimate of drug-likeness (QED) is 0.541. The first-order valence-electron chi connectivity index (χ1n) is 8.73. The van der Waals surface area contributed by atoms with Gasteiger partial charge in [-0.05, 0) is 24.5 Å². The molecule has 3 heterocycles. The molecule has 0 bridgehead atoms. The van der Waals surface area contributed by atoms with Crippen LogP contribution in [0.5, 0.6) is 0 Å². The Kier molecular flexibility index (Phi) is 5.33. The lowest BCUT2D eigenvalue weighted by molar-refractivity contribution is -0.140. The maximum absolute atomic E-state index is 13.8. The molecule has 0 amide bonds. The van der Waals surface area contributed by atoms with Crippen LogP contribution >= 0.6 is 22.7 Å². The summed E-state index contributed by atoms with van der Waals surface area (Å²) in [6, 6.07) is 6.55. The summed E-state index contributed by atoms with van der Waals surface area (Å²) in [5, 5.41) is 11.4. The maximum Gasteiger partial charge on any atom is 0.434 e. The minimum absolute atomic E-state index is 0.0613. The summed E-state index contributed by atoms with van der Waals surface area (Å²) < 4.78 is 52.3. The number of hydrogen-bond acceptors (Lipinski definition) is 6. The van der Waals surface area contributed by atoms with E-state index in [2.05, 4.69) is 15.2 Å². The lowest BCUT2D eigenvalue weighted by Gasteiger charge is -2.31. The Balaban J connectivity index is 1.46. The molecule has 10 heteroatoms. The monoisotopic (exact) mass is 428 g/mol. The van der Waals surface area contributed by atoms with E-state index >= 15 is 0 Å². The predicted octanol–water partition coefficient (Wildman–Crippen LogP) is 5.13. The number of anilines is 1. The fraction of sp³-hybridized carbons (Fsp3) is 0.389. The highest BCUT2D eigenvalue weighted by Crippen LogP contribution is 2.36. The molecule has 28 heavy (non-hydrogen) atoms. The van der Waals surface area contributed by atoms with Crippen LogP contribution in [0.2, 0.25) is 0 Å². The van der Waals surface area contributed by atoms with Crippen molar-refractivity contribution < 1.29 is 17.6 Å². The van der Waals surface area contributed by atoms with Crippen molar-refractivity contribution in [1.29, 1.82) is 0 Å². The van der Waals surface area contributed by atoms with Gasteiger partial charge in [-0.1, -0.05) is 29.5 Å². The molecule has 0 aliphatic carbocycles. The Morgan fingerprint density at radius 3 is 2.75 bits per heavy atom. The van der Waals surface area contributed by atoms with Crippen molar-refractivity contribution in [3.8, 4) is 0 Å². The molecule has 3 aromatic rings. The van der Waals surface area contributed by atoms with Gasteiger partial charge in [0, 0.05) is 30.8 Å². The van der Waals surface area contributed by atoms with Crippen LogP contribution in [-0.4, -0.2) is 28.3 Å².